The van der Waals surface area contributed by atoms with Crippen LogP contribution in [-0.4, -0.2) is 17.1 Å². The summed E-state index contributed by atoms with van der Waals surface area (Å²) < 4.78 is 5.77. The smallest absolute Gasteiger partial charge is 0.242 e. The van der Waals surface area contributed by atoms with Crippen LogP contribution in [0.2, 0.25) is 4.34 Å². The lowest BCUT2D eigenvalue weighted by Gasteiger charge is -2.08. The van der Waals surface area contributed by atoms with Gasteiger partial charge in [-0.25, -0.2) is 4.98 Å². The fraction of sp³-hybridized carbons (Fsp3) is 0.200. The van der Waals surface area contributed by atoms with Gasteiger partial charge in [0.05, 0.1) is 18.0 Å². The van der Waals surface area contributed by atoms with Gasteiger partial charge in [0.1, 0.15) is 12.0 Å². The molecule has 0 saturated carbocycles. The summed E-state index contributed by atoms with van der Waals surface area (Å²) in [5.74, 6) is 0.924. The first kappa shape index (κ1) is 11.9. The minimum atomic E-state index is 0.367. The fourth-order valence-corrected chi connectivity index (χ4v) is 2.33. The van der Waals surface area contributed by atoms with Gasteiger partial charge < -0.3 is 15.8 Å². The van der Waals surface area contributed by atoms with Crippen molar-refractivity contribution >= 4 is 34.4 Å². The highest BCUT2D eigenvalue weighted by Gasteiger charge is 2.08. The van der Waals surface area contributed by atoms with E-state index in [0.717, 1.165) is 9.21 Å². The molecule has 0 amide bonds. The van der Waals surface area contributed by atoms with Crippen molar-refractivity contribution in [1.29, 1.82) is 0 Å². The zero-order valence-corrected chi connectivity index (χ0v) is 10.7. The Morgan fingerprint density at radius 3 is 2.94 bits per heavy atom. The number of thiophene rings is 1. The molecule has 3 N–H and O–H groups in total. The summed E-state index contributed by atoms with van der Waals surface area (Å²) >= 11 is 7.35. The highest BCUT2D eigenvalue weighted by atomic mass is 35.5. The third-order valence-corrected chi connectivity index (χ3v) is 3.33. The number of hydrogen-bond donors (Lipinski definition) is 2. The van der Waals surface area contributed by atoms with Gasteiger partial charge in [0, 0.05) is 4.88 Å². The topological polar surface area (TPSA) is 73.1 Å². The van der Waals surface area contributed by atoms with Crippen LogP contribution in [0.5, 0.6) is 5.88 Å². The third kappa shape index (κ3) is 2.78. The van der Waals surface area contributed by atoms with Crippen LogP contribution in [-0.2, 0) is 6.54 Å². The molecule has 0 aliphatic rings. The van der Waals surface area contributed by atoms with Gasteiger partial charge in [-0.05, 0) is 12.1 Å². The Labute approximate surface area is 108 Å². The summed E-state index contributed by atoms with van der Waals surface area (Å²) in [5.41, 5.74) is 6.23. The van der Waals surface area contributed by atoms with E-state index in [0.29, 0.717) is 23.9 Å². The lowest BCUT2D eigenvalue weighted by molar-refractivity contribution is 0.399. The van der Waals surface area contributed by atoms with Gasteiger partial charge in [0.15, 0.2) is 5.82 Å². The van der Waals surface area contributed by atoms with Crippen molar-refractivity contribution in [1.82, 2.24) is 9.97 Å². The maximum Gasteiger partial charge on any atom is 0.242 e. The molecule has 5 nitrogen and oxygen atoms in total. The molecule has 0 spiro atoms. The third-order valence-electron chi connectivity index (χ3n) is 2.10. The molecule has 0 fully saturated rings. The van der Waals surface area contributed by atoms with E-state index < -0.39 is 0 Å². The first-order valence-electron chi connectivity index (χ1n) is 4.83. The van der Waals surface area contributed by atoms with Crippen LogP contribution in [0.25, 0.3) is 0 Å². The highest BCUT2D eigenvalue weighted by Crippen LogP contribution is 2.26. The number of aromatic nitrogens is 2. The van der Waals surface area contributed by atoms with Gasteiger partial charge in [0.25, 0.3) is 0 Å². The maximum atomic E-state index is 5.84. The van der Waals surface area contributed by atoms with Crippen molar-refractivity contribution in [2.24, 2.45) is 0 Å². The van der Waals surface area contributed by atoms with Crippen LogP contribution in [0, 0.1) is 0 Å². The number of anilines is 2. The highest BCUT2D eigenvalue weighted by molar-refractivity contribution is 7.16. The number of halogens is 1. The minimum absolute atomic E-state index is 0.367. The number of rotatable bonds is 4. The van der Waals surface area contributed by atoms with Gasteiger partial charge in [-0.1, -0.05) is 11.6 Å². The van der Waals surface area contributed by atoms with Crippen molar-refractivity contribution in [3.8, 4) is 5.88 Å². The number of ether oxygens (including phenoxy) is 1. The average molecular weight is 271 g/mol. The minimum Gasteiger partial charge on any atom is -0.479 e. The zero-order valence-electron chi connectivity index (χ0n) is 9.11. The molecule has 0 aromatic carbocycles. The van der Waals surface area contributed by atoms with Crippen LogP contribution in [0.15, 0.2) is 18.5 Å². The Balaban J connectivity index is 2.09. The monoisotopic (exact) mass is 270 g/mol. The maximum absolute atomic E-state index is 5.84. The summed E-state index contributed by atoms with van der Waals surface area (Å²) in [4.78, 5) is 9.06. The molecule has 0 aliphatic heterocycles. The van der Waals surface area contributed by atoms with Crippen molar-refractivity contribution < 1.29 is 4.74 Å². The van der Waals surface area contributed by atoms with Crippen molar-refractivity contribution in [2.75, 3.05) is 18.2 Å². The second-order valence-corrected chi connectivity index (χ2v) is 5.00. The SMILES string of the molecule is COc1ncnc(NCc2ccc(Cl)s2)c1N. The second kappa shape index (κ2) is 5.20. The fourth-order valence-electron chi connectivity index (χ4n) is 1.30. The molecule has 2 aromatic heterocycles. The molecule has 2 aromatic rings. The summed E-state index contributed by atoms with van der Waals surface area (Å²) in [5, 5.41) is 3.11. The van der Waals surface area contributed by atoms with Crippen LogP contribution in [0.3, 0.4) is 0 Å². The number of nitrogens with one attached hydrogen (secondary N) is 1. The zero-order chi connectivity index (χ0) is 12.3. The predicted octanol–water partition coefficient (Wildman–Crippen LogP) is 2.39. The molecule has 2 heterocycles. The Hall–Kier alpha value is -1.53. The normalized spacial score (nSPS) is 10.2. The Bertz CT molecular complexity index is 517. The molecule has 2 rings (SSSR count). The summed E-state index contributed by atoms with van der Waals surface area (Å²) in [7, 11) is 1.52. The Morgan fingerprint density at radius 2 is 2.29 bits per heavy atom. The number of methoxy groups -OCH3 is 1. The molecule has 90 valence electrons. The van der Waals surface area contributed by atoms with Crippen LogP contribution < -0.4 is 15.8 Å². The van der Waals surface area contributed by atoms with Crippen molar-refractivity contribution in [2.45, 2.75) is 6.54 Å². The van der Waals surface area contributed by atoms with Gasteiger partial charge in [0.2, 0.25) is 5.88 Å². The summed E-state index contributed by atoms with van der Waals surface area (Å²) in [6.45, 7) is 0.613. The molecule has 7 heteroatoms. The number of nitrogens with two attached hydrogens (primary N) is 1. The average Bonchev–Trinajstić information content (AvgIpc) is 2.74. The Morgan fingerprint density at radius 1 is 1.47 bits per heavy atom. The second-order valence-electron chi connectivity index (χ2n) is 3.20. The molecule has 0 atom stereocenters. The van der Waals surface area contributed by atoms with Crippen LogP contribution in [0.1, 0.15) is 4.88 Å². The van der Waals surface area contributed by atoms with E-state index in [-0.39, 0.29) is 0 Å². The standard InChI is InChI=1S/C10H11ClN4OS/c1-16-10-8(12)9(14-5-15-10)13-4-6-2-3-7(11)17-6/h2-3,5H,4,12H2,1H3,(H,13,14,15). The van der Waals surface area contributed by atoms with E-state index in [9.17, 15) is 0 Å². The van der Waals surface area contributed by atoms with Crippen molar-refractivity contribution in [3.63, 3.8) is 0 Å². The van der Waals surface area contributed by atoms with E-state index in [2.05, 4.69) is 15.3 Å². The summed E-state index contributed by atoms with van der Waals surface area (Å²) in [6.07, 6.45) is 1.40. The first-order chi connectivity index (χ1) is 8.20. The van der Waals surface area contributed by atoms with Gasteiger partial charge in [-0.3, -0.25) is 0 Å². The van der Waals surface area contributed by atoms with Gasteiger partial charge in [-0.2, -0.15) is 4.98 Å². The first-order valence-corrected chi connectivity index (χ1v) is 6.02. The summed E-state index contributed by atoms with van der Waals surface area (Å²) in [6, 6.07) is 3.81. The van der Waals surface area contributed by atoms with E-state index in [1.807, 2.05) is 12.1 Å². The van der Waals surface area contributed by atoms with E-state index in [1.54, 1.807) is 0 Å². The Kier molecular flexibility index (Phi) is 3.65. The predicted molar refractivity (Wildman–Crippen MR) is 69.7 cm³/mol. The molecule has 0 radical (unpaired) electrons. The van der Waals surface area contributed by atoms with Gasteiger partial charge >= 0.3 is 0 Å². The van der Waals surface area contributed by atoms with Crippen molar-refractivity contribution in [3.05, 3.63) is 27.7 Å². The van der Waals surface area contributed by atoms with Crippen LogP contribution in [0.4, 0.5) is 11.5 Å². The lowest BCUT2D eigenvalue weighted by atomic mass is 10.4. The number of nitrogen functional groups attached to an aromatic ring is 1. The molecule has 0 saturated heterocycles. The number of nitrogens with zero attached hydrogens (tertiary/aromatic N) is 2. The van der Waals surface area contributed by atoms with E-state index >= 15 is 0 Å². The lowest BCUT2D eigenvalue weighted by Crippen LogP contribution is -2.06. The molecule has 0 unspecified atom stereocenters. The quantitative estimate of drug-likeness (QED) is 0.892. The molecule has 0 bridgehead atoms. The van der Waals surface area contributed by atoms with Crippen LogP contribution >= 0.6 is 22.9 Å². The van der Waals surface area contributed by atoms with E-state index in [4.69, 9.17) is 22.1 Å². The molecular formula is C10H11ClN4OS. The molecule has 0 aliphatic carbocycles. The van der Waals surface area contributed by atoms with Gasteiger partial charge in [-0.15, -0.1) is 11.3 Å². The largest absolute Gasteiger partial charge is 0.479 e. The number of hydrogen-bond acceptors (Lipinski definition) is 6. The van der Waals surface area contributed by atoms with E-state index in [1.165, 1.54) is 24.8 Å². The molecule has 17 heavy (non-hydrogen) atoms. The molecular weight excluding hydrogens is 260 g/mol.